The van der Waals surface area contributed by atoms with Gasteiger partial charge in [0.05, 0.1) is 11.6 Å². The zero-order valence-corrected chi connectivity index (χ0v) is 19.2. The first-order valence-electron chi connectivity index (χ1n) is 10.7. The zero-order chi connectivity index (χ0) is 26.2. The van der Waals surface area contributed by atoms with Gasteiger partial charge in [-0.2, -0.15) is 27.9 Å². The van der Waals surface area contributed by atoms with Crippen LogP contribution in [0, 0.1) is 12.7 Å². The molecule has 4 rings (SSSR count). The summed E-state index contributed by atoms with van der Waals surface area (Å²) in [5, 5.41) is 20.2. The lowest BCUT2D eigenvalue weighted by molar-refractivity contribution is -0.189. The van der Waals surface area contributed by atoms with E-state index in [1.807, 2.05) is 0 Å². The quantitative estimate of drug-likeness (QED) is 0.378. The molecule has 0 fully saturated rings. The third-order valence-corrected chi connectivity index (χ3v) is 5.32. The van der Waals surface area contributed by atoms with E-state index in [-0.39, 0.29) is 29.0 Å². The summed E-state index contributed by atoms with van der Waals surface area (Å²) < 4.78 is 68.2. The number of fused-ring (bicyclic) bond motifs is 1. The maximum absolute atomic E-state index is 15.7. The number of aliphatic hydroxyl groups excluding tert-OH is 1. The molecule has 36 heavy (non-hydrogen) atoms. The molecule has 4 aromatic rings. The Morgan fingerprint density at radius 2 is 1.92 bits per heavy atom. The second-order valence-electron chi connectivity index (χ2n) is 7.68. The van der Waals surface area contributed by atoms with Crippen LogP contribution in [0.4, 0.5) is 17.6 Å². The smallest absolute Gasteiger partial charge is 0.425 e. The highest BCUT2D eigenvalue weighted by Gasteiger charge is 2.39. The van der Waals surface area contributed by atoms with Crippen molar-refractivity contribution in [3.63, 3.8) is 0 Å². The molecule has 190 valence electrons. The van der Waals surface area contributed by atoms with Crippen LogP contribution in [0.1, 0.15) is 25.2 Å². The Kier molecular flexibility index (Phi) is 6.63. The van der Waals surface area contributed by atoms with Crippen molar-refractivity contribution in [3.8, 4) is 23.3 Å². The summed E-state index contributed by atoms with van der Waals surface area (Å²) in [4.78, 5) is 16.7. The molecule has 0 aliphatic rings. The van der Waals surface area contributed by atoms with Crippen molar-refractivity contribution in [3.05, 3.63) is 58.2 Å². The molecule has 1 atom stereocenters. The fourth-order valence-electron chi connectivity index (χ4n) is 3.38. The lowest BCUT2D eigenvalue weighted by Crippen LogP contribution is -2.32. The number of ether oxygens (including phenoxy) is 2. The monoisotopic (exact) mass is 508 g/mol. The van der Waals surface area contributed by atoms with Crippen LogP contribution in [-0.4, -0.2) is 46.9 Å². The summed E-state index contributed by atoms with van der Waals surface area (Å²) in [5.41, 5.74) is -0.193. The Morgan fingerprint density at radius 3 is 2.53 bits per heavy atom. The molecular weight excluding hydrogens is 488 g/mol. The number of aliphatic hydroxyl groups is 1. The van der Waals surface area contributed by atoms with E-state index in [9.17, 15) is 23.1 Å². The largest absolute Gasteiger partial charge is 0.464 e. The number of benzene rings is 1. The summed E-state index contributed by atoms with van der Waals surface area (Å²) in [6, 6.07) is 6.72. The van der Waals surface area contributed by atoms with E-state index < -0.39 is 42.1 Å². The van der Waals surface area contributed by atoms with Crippen LogP contribution in [0.3, 0.4) is 0 Å². The van der Waals surface area contributed by atoms with Crippen molar-refractivity contribution in [2.75, 3.05) is 0 Å². The normalized spacial score (nSPS) is 12.7. The summed E-state index contributed by atoms with van der Waals surface area (Å²) in [7, 11) is 0. The summed E-state index contributed by atoms with van der Waals surface area (Å²) in [5.74, 6) is -2.72. The molecule has 10 nitrogen and oxygen atoms in total. The van der Waals surface area contributed by atoms with Gasteiger partial charge in [0, 0.05) is 6.54 Å². The second kappa shape index (κ2) is 9.53. The first-order valence-corrected chi connectivity index (χ1v) is 10.7. The third-order valence-electron chi connectivity index (χ3n) is 5.32. The Balaban J connectivity index is 1.99. The average molecular weight is 508 g/mol. The highest BCUT2D eigenvalue weighted by atomic mass is 19.4. The van der Waals surface area contributed by atoms with Gasteiger partial charge in [0.15, 0.2) is 23.6 Å². The van der Waals surface area contributed by atoms with Crippen LogP contribution < -0.4 is 15.2 Å². The third kappa shape index (κ3) is 4.46. The SMILES string of the molecule is CCn1c(CO)nn(-c2nc(OC(C)C(F)(F)F)c3c(Oc4ccccc4C)nncc3c2F)c1=O. The number of hydrogen-bond acceptors (Lipinski definition) is 8. The van der Waals surface area contributed by atoms with Gasteiger partial charge in [0.25, 0.3) is 5.88 Å². The highest BCUT2D eigenvalue weighted by molar-refractivity contribution is 5.92. The predicted molar refractivity (Wildman–Crippen MR) is 118 cm³/mol. The van der Waals surface area contributed by atoms with Gasteiger partial charge in [-0.15, -0.1) is 10.2 Å². The van der Waals surface area contributed by atoms with Crippen molar-refractivity contribution in [2.24, 2.45) is 0 Å². The van der Waals surface area contributed by atoms with Crippen LogP contribution in [-0.2, 0) is 13.2 Å². The van der Waals surface area contributed by atoms with Crippen LogP contribution in [0.5, 0.6) is 17.5 Å². The standard InChI is InChI=1S/C22H20F4N6O4/c1-4-31-15(10-33)30-32(21(31)34)18-17(23)13-9-27-29-20(36-14-8-6-5-7-11(14)2)16(13)19(28-18)35-12(3)22(24,25)26/h5-9,12,33H,4,10H2,1-3H3. The number of nitrogens with zero attached hydrogens (tertiary/aromatic N) is 6. The molecule has 1 N–H and O–H groups in total. The molecular formula is C22H20F4N6O4. The van der Waals surface area contributed by atoms with Crippen molar-refractivity contribution < 1.29 is 32.1 Å². The molecule has 1 unspecified atom stereocenters. The predicted octanol–water partition coefficient (Wildman–Crippen LogP) is 3.45. The summed E-state index contributed by atoms with van der Waals surface area (Å²) in [6.07, 6.45) is -6.20. The van der Waals surface area contributed by atoms with E-state index >= 15 is 4.39 Å². The zero-order valence-electron chi connectivity index (χ0n) is 19.2. The van der Waals surface area contributed by atoms with Crippen LogP contribution >= 0.6 is 0 Å². The van der Waals surface area contributed by atoms with E-state index in [4.69, 9.17) is 9.47 Å². The van der Waals surface area contributed by atoms with Gasteiger partial charge in [-0.05, 0) is 32.4 Å². The highest BCUT2D eigenvalue weighted by Crippen LogP contribution is 2.38. The van der Waals surface area contributed by atoms with E-state index in [1.165, 1.54) is 0 Å². The Labute approximate surface area is 200 Å². The number of aryl methyl sites for hydroxylation is 1. The van der Waals surface area contributed by atoms with Crippen LogP contribution in [0.2, 0.25) is 0 Å². The van der Waals surface area contributed by atoms with Gasteiger partial charge in [0.1, 0.15) is 17.7 Å². The van der Waals surface area contributed by atoms with Gasteiger partial charge in [-0.3, -0.25) is 4.57 Å². The molecule has 3 heterocycles. The maximum atomic E-state index is 15.7. The number of aromatic nitrogens is 6. The minimum atomic E-state index is -4.79. The van der Waals surface area contributed by atoms with Crippen molar-refractivity contribution in [1.82, 2.24) is 29.5 Å². The van der Waals surface area contributed by atoms with Crippen molar-refractivity contribution in [1.29, 1.82) is 0 Å². The molecule has 0 aliphatic carbocycles. The minimum absolute atomic E-state index is 0.0913. The lowest BCUT2D eigenvalue weighted by Gasteiger charge is -2.19. The molecule has 0 amide bonds. The van der Waals surface area contributed by atoms with Gasteiger partial charge < -0.3 is 14.6 Å². The average Bonchev–Trinajstić information content (AvgIpc) is 3.16. The topological polar surface area (TPSA) is 117 Å². The Hall–Kier alpha value is -4.07. The summed E-state index contributed by atoms with van der Waals surface area (Å²) in [6.45, 7) is 3.52. The molecule has 0 saturated carbocycles. The minimum Gasteiger partial charge on any atom is -0.464 e. The number of rotatable bonds is 7. The van der Waals surface area contributed by atoms with E-state index in [0.29, 0.717) is 16.0 Å². The number of para-hydroxylation sites is 1. The first kappa shape index (κ1) is 25.0. The van der Waals surface area contributed by atoms with Gasteiger partial charge in [-0.1, -0.05) is 18.2 Å². The molecule has 1 aromatic carbocycles. The fourth-order valence-corrected chi connectivity index (χ4v) is 3.38. The number of alkyl halides is 3. The van der Waals surface area contributed by atoms with Crippen LogP contribution in [0.25, 0.3) is 16.6 Å². The molecule has 0 saturated heterocycles. The van der Waals surface area contributed by atoms with Crippen molar-refractivity contribution >= 4 is 10.8 Å². The maximum Gasteiger partial charge on any atom is 0.425 e. The first-order chi connectivity index (χ1) is 17.1. The Bertz CT molecular complexity index is 1480. The van der Waals surface area contributed by atoms with E-state index in [1.54, 1.807) is 38.1 Å². The van der Waals surface area contributed by atoms with Crippen LogP contribution in [0.15, 0.2) is 35.3 Å². The van der Waals surface area contributed by atoms with Gasteiger partial charge in [0.2, 0.25) is 5.88 Å². The number of halogens is 4. The molecule has 0 bridgehead atoms. The van der Waals surface area contributed by atoms with Gasteiger partial charge in [-0.25, -0.2) is 9.18 Å². The number of pyridine rings is 1. The molecule has 14 heteroatoms. The van der Waals surface area contributed by atoms with Gasteiger partial charge >= 0.3 is 11.9 Å². The van der Waals surface area contributed by atoms with Crippen molar-refractivity contribution in [2.45, 2.75) is 46.2 Å². The molecule has 3 aromatic heterocycles. The Morgan fingerprint density at radius 1 is 1.19 bits per heavy atom. The number of hydrogen-bond donors (Lipinski definition) is 1. The molecule has 0 radical (unpaired) electrons. The lowest BCUT2D eigenvalue weighted by atomic mass is 10.2. The van der Waals surface area contributed by atoms with E-state index in [0.717, 1.165) is 17.7 Å². The fraction of sp³-hybridized carbons (Fsp3) is 0.318. The second-order valence-corrected chi connectivity index (χ2v) is 7.68. The molecule has 0 spiro atoms. The summed E-state index contributed by atoms with van der Waals surface area (Å²) >= 11 is 0. The molecule has 0 aliphatic heterocycles. The van der Waals surface area contributed by atoms with E-state index in [2.05, 4.69) is 20.3 Å².